The summed E-state index contributed by atoms with van der Waals surface area (Å²) < 4.78 is 13.8. The molecule has 0 unspecified atom stereocenters. The molecule has 0 radical (unpaired) electrons. The third kappa shape index (κ3) is 2.41. The minimum Gasteiger partial charge on any atom is -0.314 e. The van der Waals surface area contributed by atoms with Gasteiger partial charge in [0, 0.05) is 43.3 Å². The maximum atomic E-state index is 13.8. The smallest absolute Gasteiger partial charge is 0.132 e. The van der Waals surface area contributed by atoms with E-state index in [4.69, 9.17) is 0 Å². The van der Waals surface area contributed by atoms with Crippen molar-refractivity contribution in [3.63, 3.8) is 0 Å². The molecular formula is C16H20FN3. The highest BCUT2D eigenvalue weighted by Crippen LogP contribution is 2.24. The van der Waals surface area contributed by atoms with Crippen molar-refractivity contribution in [1.29, 1.82) is 0 Å². The topological polar surface area (TPSA) is 28.2 Å². The first-order valence-electron chi connectivity index (χ1n) is 7.06. The van der Waals surface area contributed by atoms with Crippen molar-refractivity contribution in [3.05, 3.63) is 41.8 Å². The van der Waals surface area contributed by atoms with Gasteiger partial charge in [-0.15, -0.1) is 0 Å². The zero-order chi connectivity index (χ0) is 14.2. The second kappa shape index (κ2) is 5.11. The predicted octanol–water partition coefficient (Wildman–Crippen LogP) is 2.56. The number of hydrogen-bond acceptors (Lipinski definition) is 3. The molecule has 1 aliphatic heterocycles. The average Bonchev–Trinajstić information content (AvgIpc) is 2.44. The first kappa shape index (κ1) is 13.5. The maximum absolute atomic E-state index is 13.8. The fourth-order valence-electron chi connectivity index (χ4n) is 2.85. The minimum atomic E-state index is -0.198. The van der Waals surface area contributed by atoms with Crippen LogP contribution >= 0.6 is 0 Å². The number of rotatable bonds is 2. The minimum absolute atomic E-state index is 0.105. The Hall–Kier alpha value is -1.52. The Labute approximate surface area is 118 Å². The Morgan fingerprint density at radius 1 is 1.35 bits per heavy atom. The molecule has 0 aliphatic carbocycles. The molecule has 106 valence electrons. The SMILES string of the molecule is CC1(C)CNCCN1Cc1ccc(F)c2cccnc12. The van der Waals surface area contributed by atoms with Crippen LogP contribution in [0.2, 0.25) is 0 Å². The molecule has 1 N–H and O–H groups in total. The van der Waals surface area contributed by atoms with Crippen LogP contribution in [0.5, 0.6) is 0 Å². The first-order chi connectivity index (χ1) is 9.58. The van der Waals surface area contributed by atoms with Crippen LogP contribution in [0.4, 0.5) is 4.39 Å². The van der Waals surface area contributed by atoms with E-state index in [1.54, 1.807) is 24.4 Å². The maximum Gasteiger partial charge on any atom is 0.132 e. The summed E-state index contributed by atoms with van der Waals surface area (Å²) in [6.45, 7) is 8.24. The molecule has 1 saturated heterocycles. The molecule has 1 aromatic heterocycles. The largest absolute Gasteiger partial charge is 0.314 e. The molecule has 0 atom stereocenters. The van der Waals surface area contributed by atoms with Gasteiger partial charge in [-0.1, -0.05) is 6.07 Å². The van der Waals surface area contributed by atoms with E-state index in [0.29, 0.717) is 5.39 Å². The lowest BCUT2D eigenvalue weighted by molar-refractivity contribution is 0.0831. The zero-order valence-corrected chi connectivity index (χ0v) is 12.0. The predicted molar refractivity (Wildman–Crippen MR) is 79.1 cm³/mol. The Kier molecular flexibility index (Phi) is 3.44. The van der Waals surface area contributed by atoms with Crippen LogP contribution in [-0.4, -0.2) is 35.1 Å². The molecule has 2 heterocycles. The lowest BCUT2D eigenvalue weighted by atomic mass is 9.98. The standard InChI is InChI=1S/C16H20FN3/c1-16(2)11-18-8-9-20(16)10-12-5-6-14(17)13-4-3-7-19-15(12)13/h3-7,18H,8-11H2,1-2H3. The number of halogens is 1. The van der Waals surface area contributed by atoms with E-state index in [1.807, 2.05) is 6.07 Å². The van der Waals surface area contributed by atoms with Gasteiger partial charge in [0.05, 0.1) is 5.52 Å². The monoisotopic (exact) mass is 273 g/mol. The van der Waals surface area contributed by atoms with Crippen molar-refractivity contribution in [1.82, 2.24) is 15.2 Å². The summed E-state index contributed by atoms with van der Waals surface area (Å²) in [5.74, 6) is -0.198. The molecule has 1 aliphatic rings. The van der Waals surface area contributed by atoms with Crippen molar-refractivity contribution < 1.29 is 4.39 Å². The summed E-state index contributed by atoms with van der Waals surface area (Å²) in [6, 6.07) is 6.99. The zero-order valence-electron chi connectivity index (χ0n) is 12.0. The van der Waals surface area contributed by atoms with Crippen LogP contribution in [0.3, 0.4) is 0 Å². The number of fused-ring (bicyclic) bond motifs is 1. The van der Waals surface area contributed by atoms with Gasteiger partial charge in [-0.25, -0.2) is 4.39 Å². The third-order valence-corrected chi connectivity index (χ3v) is 4.13. The summed E-state index contributed by atoms with van der Waals surface area (Å²) >= 11 is 0. The summed E-state index contributed by atoms with van der Waals surface area (Å²) in [5.41, 5.74) is 1.98. The van der Waals surface area contributed by atoms with Crippen LogP contribution in [-0.2, 0) is 6.54 Å². The van der Waals surface area contributed by atoms with Gasteiger partial charge in [0.1, 0.15) is 5.82 Å². The number of piperazine rings is 1. The van der Waals surface area contributed by atoms with Gasteiger partial charge in [-0.3, -0.25) is 9.88 Å². The van der Waals surface area contributed by atoms with E-state index in [1.165, 1.54) is 0 Å². The molecule has 3 nitrogen and oxygen atoms in total. The normalized spacial score (nSPS) is 19.4. The fraction of sp³-hybridized carbons (Fsp3) is 0.438. The second-order valence-electron chi connectivity index (χ2n) is 6.02. The molecule has 1 fully saturated rings. The molecular weight excluding hydrogens is 253 g/mol. The lowest BCUT2D eigenvalue weighted by Gasteiger charge is -2.43. The highest BCUT2D eigenvalue weighted by molar-refractivity contribution is 5.82. The van der Waals surface area contributed by atoms with Crippen molar-refractivity contribution >= 4 is 10.9 Å². The number of nitrogens with zero attached hydrogens (tertiary/aromatic N) is 2. The Morgan fingerprint density at radius 2 is 2.20 bits per heavy atom. The van der Waals surface area contributed by atoms with Crippen LogP contribution in [0, 0.1) is 5.82 Å². The fourth-order valence-corrected chi connectivity index (χ4v) is 2.85. The van der Waals surface area contributed by atoms with E-state index in [2.05, 4.69) is 29.0 Å². The molecule has 2 aromatic rings. The Bertz CT molecular complexity index is 624. The molecule has 1 aromatic carbocycles. The van der Waals surface area contributed by atoms with Gasteiger partial charge < -0.3 is 5.32 Å². The molecule has 0 amide bonds. The highest BCUT2D eigenvalue weighted by atomic mass is 19.1. The quantitative estimate of drug-likeness (QED) is 0.911. The van der Waals surface area contributed by atoms with E-state index in [9.17, 15) is 4.39 Å². The van der Waals surface area contributed by atoms with Crippen LogP contribution < -0.4 is 5.32 Å². The molecule has 0 spiro atoms. The summed E-state index contributed by atoms with van der Waals surface area (Å²) in [5, 5.41) is 4.03. The van der Waals surface area contributed by atoms with E-state index in [-0.39, 0.29) is 11.4 Å². The number of nitrogens with one attached hydrogen (secondary N) is 1. The van der Waals surface area contributed by atoms with Gasteiger partial charge >= 0.3 is 0 Å². The number of benzene rings is 1. The van der Waals surface area contributed by atoms with Gasteiger partial charge in [0.15, 0.2) is 0 Å². The molecule has 20 heavy (non-hydrogen) atoms. The summed E-state index contributed by atoms with van der Waals surface area (Å²) in [6.07, 6.45) is 1.73. The highest BCUT2D eigenvalue weighted by Gasteiger charge is 2.29. The summed E-state index contributed by atoms with van der Waals surface area (Å²) in [4.78, 5) is 6.81. The van der Waals surface area contributed by atoms with Gasteiger partial charge in [-0.05, 0) is 37.6 Å². The van der Waals surface area contributed by atoms with Crippen molar-refractivity contribution in [3.8, 4) is 0 Å². The van der Waals surface area contributed by atoms with Crippen molar-refractivity contribution in [2.75, 3.05) is 19.6 Å². The van der Waals surface area contributed by atoms with Gasteiger partial charge in [0.2, 0.25) is 0 Å². The third-order valence-electron chi connectivity index (χ3n) is 4.13. The van der Waals surface area contributed by atoms with Crippen LogP contribution in [0.15, 0.2) is 30.5 Å². The van der Waals surface area contributed by atoms with Crippen LogP contribution in [0.25, 0.3) is 10.9 Å². The van der Waals surface area contributed by atoms with Gasteiger partial charge in [0.25, 0.3) is 0 Å². The Morgan fingerprint density at radius 3 is 3.00 bits per heavy atom. The van der Waals surface area contributed by atoms with Crippen molar-refractivity contribution in [2.45, 2.75) is 25.9 Å². The Balaban J connectivity index is 1.97. The molecule has 0 bridgehead atoms. The molecule has 3 rings (SSSR count). The average molecular weight is 273 g/mol. The number of aromatic nitrogens is 1. The van der Waals surface area contributed by atoms with Crippen molar-refractivity contribution in [2.24, 2.45) is 0 Å². The van der Waals surface area contributed by atoms with Gasteiger partial charge in [-0.2, -0.15) is 0 Å². The lowest BCUT2D eigenvalue weighted by Crippen LogP contribution is -2.57. The van der Waals surface area contributed by atoms with E-state index < -0.39 is 0 Å². The number of pyridine rings is 1. The molecule has 0 saturated carbocycles. The summed E-state index contributed by atoms with van der Waals surface area (Å²) in [7, 11) is 0. The van der Waals surface area contributed by atoms with Crippen LogP contribution in [0.1, 0.15) is 19.4 Å². The molecule has 4 heteroatoms. The van der Waals surface area contributed by atoms with E-state index >= 15 is 0 Å². The van der Waals surface area contributed by atoms with E-state index in [0.717, 1.165) is 37.3 Å². The number of hydrogen-bond donors (Lipinski definition) is 1. The first-order valence-corrected chi connectivity index (χ1v) is 7.06. The second-order valence-corrected chi connectivity index (χ2v) is 6.02.